The van der Waals surface area contributed by atoms with E-state index in [9.17, 15) is 4.39 Å². The lowest BCUT2D eigenvalue weighted by Crippen LogP contribution is -2.15. The van der Waals surface area contributed by atoms with Gasteiger partial charge in [0.1, 0.15) is 5.82 Å². The fraction of sp³-hybridized carbons (Fsp3) is 0.571. The van der Waals surface area contributed by atoms with E-state index in [1.807, 2.05) is 6.07 Å². The molecule has 0 aliphatic heterocycles. The molecule has 1 aromatic rings. The number of nitrogens with one attached hydrogen (secondary N) is 1. The molecule has 17 heavy (non-hydrogen) atoms. The van der Waals surface area contributed by atoms with Gasteiger partial charge in [-0.05, 0) is 54.1 Å². The Hall–Kier alpha value is -0.320. The average Bonchev–Trinajstić information content (AvgIpc) is 2.28. The Kier molecular flexibility index (Phi) is 6.85. The van der Waals surface area contributed by atoms with E-state index >= 15 is 0 Å². The van der Waals surface area contributed by atoms with Crippen molar-refractivity contribution in [3.63, 3.8) is 0 Å². The molecular weight excluding hydrogens is 328 g/mol. The summed E-state index contributed by atoms with van der Waals surface area (Å²) in [7, 11) is 0. The van der Waals surface area contributed by atoms with E-state index in [0.29, 0.717) is 6.04 Å². The second kappa shape index (κ2) is 7.90. The highest BCUT2D eigenvalue weighted by molar-refractivity contribution is 14.1. The van der Waals surface area contributed by atoms with Crippen molar-refractivity contribution in [1.29, 1.82) is 0 Å². The van der Waals surface area contributed by atoms with Gasteiger partial charge in [-0.25, -0.2) is 4.39 Å². The molecule has 0 aromatic heterocycles. The Bertz CT molecular complexity index is 341. The predicted octanol–water partition coefficient (Wildman–Crippen LogP) is 5.20. The van der Waals surface area contributed by atoms with E-state index in [4.69, 9.17) is 0 Å². The standard InChI is InChI=1S/C14H21FIN/c1-3-4-5-6-7-11(2)17-14-9-8-12(15)10-13(14)16/h8-11,17H,3-7H2,1-2H3. The molecule has 1 nitrogen and oxygen atoms in total. The zero-order chi connectivity index (χ0) is 12.7. The average molecular weight is 349 g/mol. The summed E-state index contributed by atoms with van der Waals surface area (Å²) in [6, 6.07) is 5.34. The molecule has 1 unspecified atom stereocenters. The van der Waals surface area contributed by atoms with Crippen molar-refractivity contribution < 1.29 is 4.39 Å². The van der Waals surface area contributed by atoms with Gasteiger partial charge in [0.15, 0.2) is 0 Å². The van der Waals surface area contributed by atoms with Gasteiger partial charge in [0.05, 0.1) is 0 Å². The molecule has 0 aliphatic carbocycles. The van der Waals surface area contributed by atoms with E-state index in [1.54, 1.807) is 6.07 Å². The summed E-state index contributed by atoms with van der Waals surface area (Å²) in [5.74, 6) is -0.171. The van der Waals surface area contributed by atoms with Gasteiger partial charge in [-0.3, -0.25) is 0 Å². The molecule has 1 atom stereocenters. The summed E-state index contributed by atoms with van der Waals surface area (Å²) in [6.07, 6.45) is 6.34. The summed E-state index contributed by atoms with van der Waals surface area (Å²) in [6.45, 7) is 4.41. The van der Waals surface area contributed by atoms with E-state index in [2.05, 4.69) is 41.8 Å². The Balaban J connectivity index is 2.37. The molecule has 0 spiro atoms. The first-order chi connectivity index (χ1) is 8.13. The molecule has 3 heteroatoms. The molecule has 0 heterocycles. The van der Waals surface area contributed by atoms with E-state index < -0.39 is 0 Å². The lowest BCUT2D eigenvalue weighted by Gasteiger charge is -2.16. The first-order valence-corrected chi connectivity index (χ1v) is 7.43. The SMILES string of the molecule is CCCCCCC(C)Nc1ccc(F)cc1I. The second-order valence-corrected chi connectivity index (χ2v) is 5.68. The predicted molar refractivity (Wildman–Crippen MR) is 81.0 cm³/mol. The Morgan fingerprint density at radius 1 is 1.29 bits per heavy atom. The highest BCUT2D eigenvalue weighted by Gasteiger charge is 2.05. The largest absolute Gasteiger partial charge is 0.382 e. The maximum absolute atomic E-state index is 12.9. The zero-order valence-corrected chi connectivity index (χ0v) is 12.8. The summed E-state index contributed by atoms with van der Waals surface area (Å²) in [5.41, 5.74) is 1.04. The topological polar surface area (TPSA) is 12.0 Å². The Labute approximate surface area is 117 Å². The van der Waals surface area contributed by atoms with E-state index in [1.165, 1.54) is 38.2 Å². The third-order valence-corrected chi connectivity index (χ3v) is 3.72. The van der Waals surface area contributed by atoms with Crippen LogP contribution in [0.25, 0.3) is 0 Å². The van der Waals surface area contributed by atoms with Crippen LogP contribution in [0.15, 0.2) is 18.2 Å². The number of halogens is 2. The second-order valence-electron chi connectivity index (χ2n) is 4.52. The van der Waals surface area contributed by atoms with Crippen LogP contribution in [0.2, 0.25) is 0 Å². The van der Waals surface area contributed by atoms with Crippen LogP contribution < -0.4 is 5.32 Å². The van der Waals surface area contributed by atoms with Crippen molar-refractivity contribution in [2.45, 2.75) is 52.0 Å². The highest BCUT2D eigenvalue weighted by atomic mass is 127. The lowest BCUT2D eigenvalue weighted by molar-refractivity contribution is 0.593. The summed E-state index contributed by atoms with van der Waals surface area (Å²) in [4.78, 5) is 0. The van der Waals surface area contributed by atoms with Crippen molar-refractivity contribution in [1.82, 2.24) is 0 Å². The van der Waals surface area contributed by atoms with Gasteiger partial charge < -0.3 is 5.32 Å². The van der Waals surface area contributed by atoms with E-state index in [0.717, 1.165) is 9.26 Å². The van der Waals surface area contributed by atoms with Crippen molar-refractivity contribution in [3.05, 3.63) is 27.6 Å². The fourth-order valence-electron chi connectivity index (χ4n) is 1.82. The monoisotopic (exact) mass is 349 g/mol. The minimum Gasteiger partial charge on any atom is -0.382 e. The summed E-state index contributed by atoms with van der Waals surface area (Å²) in [5, 5.41) is 3.44. The number of hydrogen-bond acceptors (Lipinski definition) is 1. The Morgan fingerprint density at radius 2 is 2.06 bits per heavy atom. The van der Waals surface area contributed by atoms with Crippen LogP contribution >= 0.6 is 22.6 Å². The molecule has 1 aromatic carbocycles. The third kappa shape index (κ3) is 5.70. The van der Waals surface area contributed by atoms with Crippen molar-refractivity contribution in [2.24, 2.45) is 0 Å². The van der Waals surface area contributed by atoms with Gasteiger partial charge in [-0.15, -0.1) is 0 Å². The first kappa shape index (κ1) is 14.7. The van der Waals surface area contributed by atoms with Crippen molar-refractivity contribution >= 4 is 28.3 Å². The minimum absolute atomic E-state index is 0.171. The van der Waals surface area contributed by atoms with Gasteiger partial charge in [-0.1, -0.05) is 32.6 Å². The minimum atomic E-state index is -0.171. The number of hydrogen-bond donors (Lipinski definition) is 1. The zero-order valence-electron chi connectivity index (χ0n) is 10.6. The molecule has 0 amide bonds. The van der Waals surface area contributed by atoms with Gasteiger partial charge in [-0.2, -0.15) is 0 Å². The molecule has 96 valence electrons. The first-order valence-electron chi connectivity index (χ1n) is 6.35. The molecule has 0 bridgehead atoms. The van der Waals surface area contributed by atoms with Crippen LogP contribution in [0, 0.1) is 9.39 Å². The molecule has 0 fully saturated rings. The number of benzene rings is 1. The van der Waals surface area contributed by atoms with Crippen LogP contribution in [0.5, 0.6) is 0 Å². The number of unbranched alkanes of at least 4 members (excludes halogenated alkanes) is 3. The van der Waals surface area contributed by atoms with Crippen molar-refractivity contribution in [2.75, 3.05) is 5.32 Å². The van der Waals surface area contributed by atoms with Crippen LogP contribution in [0.1, 0.15) is 46.0 Å². The summed E-state index contributed by atoms with van der Waals surface area (Å²) < 4.78 is 13.9. The fourth-order valence-corrected chi connectivity index (χ4v) is 2.45. The molecular formula is C14H21FIN. The number of rotatable bonds is 7. The van der Waals surface area contributed by atoms with Crippen molar-refractivity contribution in [3.8, 4) is 0 Å². The molecule has 1 N–H and O–H groups in total. The van der Waals surface area contributed by atoms with Gasteiger partial charge in [0.2, 0.25) is 0 Å². The van der Waals surface area contributed by atoms with Gasteiger partial charge in [0.25, 0.3) is 0 Å². The lowest BCUT2D eigenvalue weighted by atomic mass is 10.1. The molecule has 0 radical (unpaired) electrons. The highest BCUT2D eigenvalue weighted by Crippen LogP contribution is 2.20. The summed E-state index contributed by atoms with van der Waals surface area (Å²) >= 11 is 2.17. The van der Waals surface area contributed by atoms with Crippen LogP contribution in [0.3, 0.4) is 0 Å². The quantitative estimate of drug-likeness (QED) is 0.527. The molecule has 0 aliphatic rings. The number of anilines is 1. The molecule has 1 rings (SSSR count). The smallest absolute Gasteiger partial charge is 0.124 e. The molecule has 0 saturated carbocycles. The van der Waals surface area contributed by atoms with Gasteiger partial charge >= 0.3 is 0 Å². The van der Waals surface area contributed by atoms with E-state index in [-0.39, 0.29) is 5.82 Å². The normalized spacial score (nSPS) is 12.5. The van der Waals surface area contributed by atoms with Crippen LogP contribution in [-0.4, -0.2) is 6.04 Å². The maximum atomic E-state index is 12.9. The van der Waals surface area contributed by atoms with Crippen LogP contribution in [-0.2, 0) is 0 Å². The third-order valence-electron chi connectivity index (χ3n) is 2.82. The Morgan fingerprint density at radius 3 is 2.71 bits per heavy atom. The maximum Gasteiger partial charge on any atom is 0.124 e. The molecule has 0 saturated heterocycles. The van der Waals surface area contributed by atoms with Gasteiger partial charge in [0, 0.05) is 15.3 Å². The van der Waals surface area contributed by atoms with Crippen LogP contribution in [0.4, 0.5) is 10.1 Å².